The number of halogens is 5. The average molecular weight is 531 g/mol. The smallest absolute Gasteiger partial charge is 0.219 e. The number of rotatable bonds is 4. The van der Waals surface area contributed by atoms with E-state index >= 15 is 0 Å². The Labute approximate surface area is 212 Å². The van der Waals surface area contributed by atoms with Crippen molar-refractivity contribution in [3.8, 4) is 17.3 Å². The van der Waals surface area contributed by atoms with Gasteiger partial charge in [-0.1, -0.05) is 53.5 Å². The van der Waals surface area contributed by atoms with E-state index in [1.54, 1.807) is 54.8 Å². The van der Waals surface area contributed by atoms with Crippen LogP contribution in [0.3, 0.4) is 0 Å². The van der Waals surface area contributed by atoms with Gasteiger partial charge in [-0.05, 0) is 48.9 Å². The molecule has 4 aromatic rings. The third kappa shape index (κ3) is 5.49. The number of hydrogen-bond acceptors (Lipinski definition) is 4. The van der Waals surface area contributed by atoms with E-state index < -0.39 is 11.7 Å². The van der Waals surface area contributed by atoms with Gasteiger partial charge in [0.1, 0.15) is 0 Å². The van der Waals surface area contributed by atoms with Crippen molar-refractivity contribution < 1.29 is 13.2 Å². The molecule has 0 aliphatic heterocycles. The van der Waals surface area contributed by atoms with Gasteiger partial charge in [0.2, 0.25) is 4.80 Å². The molecule has 35 heavy (non-hydrogen) atoms. The molecule has 0 bridgehead atoms. The van der Waals surface area contributed by atoms with Crippen LogP contribution in [0.4, 0.5) is 18.9 Å². The summed E-state index contributed by atoms with van der Waals surface area (Å²) in [6, 6.07) is 19.0. The summed E-state index contributed by atoms with van der Waals surface area (Å²) in [4.78, 5) is 4.55. The molecule has 10 heteroatoms. The predicted octanol–water partition coefficient (Wildman–Crippen LogP) is 7.92. The lowest BCUT2D eigenvalue weighted by Crippen LogP contribution is -2.14. The van der Waals surface area contributed by atoms with Gasteiger partial charge in [0.05, 0.1) is 44.3 Å². The van der Waals surface area contributed by atoms with Crippen molar-refractivity contribution in [1.29, 1.82) is 5.26 Å². The van der Waals surface area contributed by atoms with Gasteiger partial charge in [-0.2, -0.15) is 23.5 Å². The van der Waals surface area contributed by atoms with Gasteiger partial charge in [0, 0.05) is 10.9 Å². The molecule has 0 fully saturated rings. The van der Waals surface area contributed by atoms with Crippen LogP contribution in [0.5, 0.6) is 0 Å². The summed E-state index contributed by atoms with van der Waals surface area (Å²) < 4.78 is 42.1. The van der Waals surface area contributed by atoms with E-state index in [1.807, 2.05) is 0 Å². The van der Waals surface area contributed by atoms with E-state index in [2.05, 4.69) is 16.2 Å². The van der Waals surface area contributed by atoms with Crippen molar-refractivity contribution in [2.75, 3.05) is 0 Å². The zero-order chi connectivity index (χ0) is 25.2. The summed E-state index contributed by atoms with van der Waals surface area (Å²) >= 11 is 13.4. The Hall–Kier alpha value is -3.38. The average Bonchev–Trinajstić information content (AvgIpc) is 3.22. The van der Waals surface area contributed by atoms with Crippen molar-refractivity contribution in [1.82, 2.24) is 4.68 Å². The highest BCUT2D eigenvalue weighted by atomic mass is 35.5. The predicted molar refractivity (Wildman–Crippen MR) is 133 cm³/mol. The minimum Gasteiger partial charge on any atom is -0.219 e. The maximum Gasteiger partial charge on any atom is 0.418 e. The molecule has 0 amide bonds. The van der Waals surface area contributed by atoms with E-state index in [9.17, 15) is 13.2 Å². The van der Waals surface area contributed by atoms with Crippen LogP contribution in [-0.4, -0.2) is 10.4 Å². The molecule has 4 nitrogen and oxygen atoms in total. The first-order chi connectivity index (χ1) is 16.7. The van der Waals surface area contributed by atoms with Crippen LogP contribution < -0.4 is 4.80 Å². The van der Waals surface area contributed by atoms with Gasteiger partial charge in [0.25, 0.3) is 0 Å². The van der Waals surface area contributed by atoms with Gasteiger partial charge in [-0.25, -0.2) is 9.67 Å². The molecule has 0 aliphatic carbocycles. The second-order valence-electron chi connectivity index (χ2n) is 7.35. The summed E-state index contributed by atoms with van der Waals surface area (Å²) in [5.74, 6) is 0. The first kappa shape index (κ1) is 24.7. The van der Waals surface area contributed by atoms with Crippen LogP contribution in [0, 0.1) is 11.3 Å². The van der Waals surface area contributed by atoms with Crippen LogP contribution in [0.2, 0.25) is 10.0 Å². The SMILES string of the molecule is C/C(=N\n1c(-c2ccc(Cl)c(Cl)c2)csc1=Nc1ccccc1C(F)(F)F)c1ccc(C#N)cc1. The first-order valence-corrected chi connectivity index (χ1v) is 11.7. The minimum atomic E-state index is -4.56. The van der Waals surface area contributed by atoms with Crippen molar-refractivity contribution in [2.45, 2.75) is 13.1 Å². The number of nitriles is 1. The van der Waals surface area contributed by atoms with Crippen LogP contribution in [0.25, 0.3) is 11.3 Å². The Balaban J connectivity index is 1.94. The highest BCUT2D eigenvalue weighted by Gasteiger charge is 2.33. The van der Waals surface area contributed by atoms with Gasteiger partial charge in [-0.3, -0.25) is 0 Å². The number of benzene rings is 3. The van der Waals surface area contributed by atoms with Gasteiger partial charge < -0.3 is 0 Å². The Morgan fingerprint density at radius 1 is 1.00 bits per heavy atom. The Morgan fingerprint density at radius 2 is 1.71 bits per heavy atom. The molecule has 1 heterocycles. The maximum absolute atomic E-state index is 13.6. The van der Waals surface area contributed by atoms with Gasteiger partial charge in [-0.15, -0.1) is 11.3 Å². The second kappa shape index (κ2) is 10.1. The Morgan fingerprint density at radius 3 is 2.37 bits per heavy atom. The fourth-order valence-corrected chi connectivity index (χ4v) is 4.38. The monoisotopic (exact) mass is 530 g/mol. The van der Waals surface area contributed by atoms with Crippen molar-refractivity contribution >= 4 is 45.9 Å². The maximum atomic E-state index is 13.6. The van der Waals surface area contributed by atoms with Gasteiger partial charge >= 0.3 is 6.18 Å². The summed E-state index contributed by atoms with van der Waals surface area (Å²) in [5, 5.41) is 16.2. The molecule has 1 aromatic heterocycles. The number of nitrogens with zero attached hydrogens (tertiary/aromatic N) is 4. The van der Waals surface area contributed by atoms with E-state index in [4.69, 9.17) is 28.5 Å². The van der Waals surface area contributed by atoms with Crippen LogP contribution in [-0.2, 0) is 6.18 Å². The molecule has 0 saturated carbocycles. The fraction of sp³-hybridized carbons (Fsp3) is 0.0800. The Kier molecular flexibility index (Phi) is 7.13. The summed E-state index contributed by atoms with van der Waals surface area (Å²) in [6.07, 6.45) is -4.56. The van der Waals surface area contributed by atoms with Crippen molar-refractivity contribution in [3.63, 3.8) is 0 Å². The molecular weight excluding hydrogens is 516 g/mol. The minimum absolute atomic E-state index is 0.220. The molecule has 4 rings (SSSR count). The summed E-state index contributed by atoms with van der Waals surface area (Å²) in [5.41, 5.74) is 1.98. The third-order valence-electron chi connectivity index (χ3n) is 5.01. The fourth-order valence-electron chi connectivity index (χ4n) is 3.24. The number of hydrogen-bond donors (Lipinski definition) is 0. The van der Waals surface area contributed by atoms with Gasteiger partial charge in [0.15, 0.2) is 0 Å². The zero-order valence-electron chi connectivity index (χ0n) is 18.0. The second-order valence-corrected chi connectivity index (χ2v) is 9.00. The lowest BCUT2D eigenvalue weighted by molar-refractivity contribution is -0.137. The van der Waals surface area contributed by atoms with Crippen LogP contribution >= 0.6 is 34.5 Å². The van der Waals surface area contributed by atoms with E-state index in [1.165, 1.54) is 22.9 Å². The van der Waals surface area contributed by atoms with E-state index in [0.717, 1.165) is 23.0 Å². The first-order valence-electron chi connectivity index (χ1n) is 10.1. The summed E-state index contributed by atoms with van der Waals surface area (Å²) in [6.45, 7) is 1.76. The molecule has 3 aromatic carbocycles. The molecular formula is C25H15Cl2F3N4S. The number of aromatic nitrogens is 1. The number of alkyl halides is 3. The summed E-state index contributed by atoms with van der Waals surface area (Å²) in [7, 11) is 0. The molecule has 0 saturated heterocycles. The topological polar surface area (TPSA) is 53.4 Å². The zero-order valence-corrected chi connectivity index (χ0v) is 20.3. The lowest BCUT2D eigenvalue weighted by atomic mass is 10.1. The molecule has 0 atom stereocenters. The molecule has 176 valence electrons. The molecule has 0 spiro atoms. The van der Waals surface area contributed by atoms with Crippen molar-refractivity contribution in [2.24, 2.45) is 10.1 Å². The highest BCUT2D eigenvalue weighted by molar-refractivity contribution is 7.07. The number of thiazole rings is 1. The van der Waals surface area contributed by atoms with Crippen LogP contribution in [0.15, 0.2) is 82.2 Å². The molecule has 0 N–H and O–H groups in total. The normalized spacial score (nSPS) is 12.6. The quantitative estimate of drug-likeness (QED) is 0.247. The highest BCUT2D eigenvalue weighted by Crippen LogP contribution is 2.36. The van der Waals surface area contributed by atoms with Crippen molar-refractivity contribution in [3.05, 3.63) is 104 Å². The molecule has 0 unspecified atom stereocenters. The standard InChI is InChI=1S/C25H15Cl2F3N4S/c1-15(17-8-6-16(13-31)7-9-17)33-34-23(18-10-11-20(26)21(27)12-18)14-35-24(34)32-22-5-3-2-4-19(22)25(28,29)30/h2-12,14H,1H3/b32-24?,33-15+. The van der Waals surface area contributed by atoms with E-state index in [-0.39, 0.29) is 10.5 Å². The molecule has 0 radical (unpaired) electrons. The number of para-hydroxylation sites is 1. The largest absolute Gasteiger partial charge is 0.418 e. The lowest BCUT2D eigenvalue weighted by Gasteiger charge is -2.10. The van der Waals surface area contributed by atoms with Crippen LogP contribution in [0.1, 0.15) is 23.6 Å². The molecule has 0 aliphatic rings. The van der Waals surface area contributed by atoms with E-state index in [0.29, 0.717) is 32.6 Å². The third-order valence-corrected chi connectivity index (χ3v) is 6.56. The Bertz CT molecular complexity index is 1530.